The highest BCUT2D eigenvalue weighted by atomic mass is 16.5. The number of hydrogen-bond donors (Lipinski definition) is 1. The van der Waals surface area contributed by atoms with E-state index >= 15 is 0 Å². The molecule has 2 aromatic carbocycles. The Hall–Kier alpha value is -3.32. The number of nitrogens with two attached hydrogens (primary N) is 1. The minimum Gasteiger partial charge on any atom is -0.494 e. The van der Waals surface area contributed by atoms with Crippen molar-refractivity contribution in [2.24, 2.45) is 0 Å². The van der Waals surface area contributed by atoms with Gasteiger partial charge in [-0.1, -0.05) is 68.1 Å². The molecule has 0 radical (unpaired) electrons. The molecule has 0 aliphatic rings. The van der Waals surface area contributed by atoms with E-state index in [9.17, 15) is 5.26 Å². The number of unbranched alkanes of at least 4 members (excludes halogenated alkanes) is 3. The van der Waals surface area contributed by atoms with Gasteiger partial charge in [0.05, 0.1) is 12.3 Å². The lowest BCUT2D eigenvalue weighted by Crippen LogP contribution is -2.00. The van der Waals surface area contributed by atoms with Crippen LogP contribution in [0.1, 0.15) is 43.7 Å². The Labute approximate surface area is 173 Å². The summed E-state index contributed by atoms with van der Waals surface area (Å²) in [4.78, 5) is 4.44. The van der Waals surface area contributed by atoms with Crippen LogP contribution < -0.4 is 10.5 Å². The summed E-state index contributed by atoms with van der Waals surface area (Å²) in [5.74, 6) is 1.08. The molecule has 0 saturated carbocycles. The number of ether oxygens (including phenoxy) is 1. The average Bonchev–Trinajstić information content (AvgIpc) is 2.74. The lowest BCUT2D eigenvalue weighted by molar-refractivity contribution is 0.305. The van der Waals surface area contributed by atoms with Gasteiger partial charge in [-0.25, -0.2) is 4.98 Å². The van der Waals surface area contributed by atoms with Crippen molar-refractivity contribution in [2.75, 3.05) is 12.3 Å². The molecule has 2 N–H and O–H groups in total. The highest BCUT2D eigenvalue weighted by Crippen LogP contribution is 2.32. The van der Waals surface area contributed by atoms with Crippen molar-refractivity contribution in [3.8, 4) is 34.2 Å². The summed E-state index contributed by atoms with van der Waals surface area (Å²) in [5, 5.41) is 9.61. The Morgan fingerprint density at radius 3 is 2.31 bits per heavy atom. The van der Waals surface area contributed by atoms with E-state index in [-0.39, 0.29) is 5.82 Å². The van der Waals surface area contributed by atoms with Crippen LogP contribution in [0.4, 0.5) is 5.82 Å². The van der Waals surface area contributed by atoms with Crippen molar-refractivity contribution in [1.29, 1.82) is 5.26 Å². The van der Waals surface area contributed by atoms with E-state index in [1.807, 2.05) is 61.5 Å². The van der Waals surface area contributed by atoms with Gasteiger partial charge in [0.1, 0.15) is 23.2 Å². The van der Waals surface area contributed by atoms with E-state index in [2.05, 4.69) is 18.0 Å². The van der Waals surface area contributed by atoms with Crippen LogP contribution in [0.3, 0.4) is 0 Å². The molecule has 1 aromatic heterocycles. The normalized spacial score (nSPS) is 10.5. The van der Waals surface area contributed by atoms with Crippen molar-refractivity contribution in [2.45, 2.75) is 39.5 Å². The number of hydrogen-bond acceptors (Lipinski definition) is 4. The Morgan fingerprint density at radius 1 is 0.966 bits per heavy atom. The van der Waals surface area contributed by atoms with E-state index in [1.54, 1.807) is 0 Å². The van der Waals surface area contributed by atoms with Crippen molar-refractivity contribution in [3.05, 3.63) is 65.7 Å². The molecule has 0 aliphatic heterocycles. The van der Waals surface area contributed by atoms with E-state index < -0.39 is 0 Å². The van der Waals surface area contributed by atoms with Crippen LogP contribution in [0.15, 0.2) is 54.6 Å². The Balaban J connectivity index is 1.85. The molecule has 4 nitrogen and oxygen atoms in total. The summed E-state index contributed by atoms with van der Waals surface area (Å²) in [5.41, 5.74) is 11.1. The highest BCUT2D eigenvalue weighted by molar-refractivity contribution is 5.80. The van der Waals surface area contributed by atoms with Crippen molar-refractivity contribution < 1.29 is 4.74 Å². The van der Waals surface area contributed by atoms with Crippen molar-refractivity contribution >= 4 is 5.82 Å². The van der Waals surface area contributed by atoms with Crippen LogP contribution in [-0.2, 0) is 0 Å². The van der Waals surface area contributed by atoms with Crippen LogP contribution in [0.2, 0.25) is 0 Å². The van der Waals surface area contributed by atoms with Crippen LogP contribution in [-0.4, -0.2) is 11.6 Å². The predicted octanol–water partition coefficient (Wildman–Crippen LogP) is 6.14. The Kier molecular flexibility index (Phi) is 6.86. The molecule has 0 bridgehead atoms. The fraction of sp³-hybridized carbons (Fsp3) is 0.280. The monoisotopic (exact) mass is 385 g/mol. The molecule has 0 aliphatic carbocycles. The first-order chi connectivity index (χ1) is 14.1. The first-order valence-corrected chi connectivity index (χ1v) is 10.1. The molecular weight excluding hydrogens is 358 g/mol. The molecule has 4 heteroatoms. The predicted molar refractivity (Wildman–Crippen MR) is 119 cm³/mol. The maximum atomic E-state index is 9.61. The van der Waals surface area contributed by atoms with Crippen LogP contribution >= 0.6 is 0 Å². The second-order valence-corrected chi connectivity index (χ2v) is 7.23. The summed E-state index contributed by atoms with van der Waals surface area (Å²) in [6, 6.07) is 20.1. The zero-order chi connectivity index (χ0) is 20.6. The molecule has 0 unspecified atom stereocenters. The van der Waals surface area contributed by atoms with E-state index in [4.69, 9.17) is 10.5 Å². The lowest BCUT2D eigenvalue weighted by atomic mass is 9.98. The van der Waals surface area contributed by atoms with E-state index in [1.165, 1.54) is 24.8 Å². The number of nitriles is 1. The van der Waals surface area contributed by atoms with Gasteiger partial charge in [0.25, 0.3) is 0 Å². The topological polar surface area (TPSA) is 71.9 Å². The number of benzene rings is 2. The number of rotatable bonds is 8. The molecule has 0 amide bonds. The molecule has 0 atom stereocenters. The van der Waals surface area contributed by atoms with Gasteiger partial charge >= 0.3 is 0 Å². The van der Waals surface area contributed by atoms with Gasteiger partial charge in [0.2, 0.25) is 0 Å². The second kappa shape index (κ2) is 9.75. The SMILES string of the molecule is CCCCCCOc1ccc(-c2cc(-c3ccc(C)cc3)nc(N)c2C#N)cc1. The maximum absolute atomic E-state index is 9.61. The Morgan fingerprint density at radius 2 is 1.66 bits per heavy atom. The maximum Gasteiger partial charge on any atom is 0.142 e. The standard InChI is InChI=1S/C25H27N3O/c1-3-4-5-6-15-29-21-13-11-19(12-14-21)22-16-24(28-25(27)23(22)17-26)20-9-7-18(2)8-10-20/h7-14,16H,3-6,15H2,1-2H3,(H2,27,28). The number of pyridine rings is 1. The van der Waals surface area contributed by atoms with Crippen LogP contribution in [0, 0.1) is 18.3 Å². The van der Waals surface area contributed by atoms with Gasteiger partial charge in [-0.3, -0.25) is 0 Å². The highest BCUT2D eigenvalue weighted by Gasteiger charge is 2.13. The van der Waals surface area contributed by atoms with Gasteiger partial charge in [0.15, 0.2) is 0 Å². The van der Waals surface area contributed by atoms with Crippen LogP contribution in [0.25, 0.3) is 22.4 Å². The molecular formula is C25H27N3O. The van der Waals surface area contributed by atoms with E-state index in [0.717, 1.165) is 41.2 Å². The zero-order valence-electron chi connectivity index (χ0n) is 17.1. The number of aromatic nitrogens is 1. The van der Waals surface area contributed by atoms with Gasteiger partial charge in [-0.15, -0.1) is 0 Å². The summed E-state index contributed by atoms with van der Waals surface area (Å²) in [6.07, 6.45) is 4.72. The zero-order valence-corrected chi connectivity index (χ0v) is 17.1. The number of anilines is 1. The first kappa shape index (κ1) is 20.4. The third-order valence-corrected chi connectivity index (χ3v) is 4.94. The average molecular weight is 386 g/mol. The third kappa shape index (κ3) is 5.14. The van der Waals surface area contributed by atoms with Crippen molar-refractivity contribution in [1.82, 2.24) is 4.98 Å². The first-order valence-electron chi connectivity index (χ1n) is 10.1. The summed E-state index contributed by atoms with van der Waals surface area (Å²) in [7, 11) is 0. The fourth-order valence-electron chi connectivity index (χ4n) is 3.23. The van der Waals surface area contributed by atoms with Gasteiger partial charge < -0.3 is 10.5 Å². The molecule has 3 aromatic rings. The van der Waals surface area contributed by atoms with Crippen molar-refractivity contribution in [3.63, 3.8) is 0 Å². The number of nitrogen functional groups attached to an aromatic ring is 1. The molecule has 0 fully saturated rings. The number of nitrogens with zero attached hydrogens (tertiary/aromatic N) is 2. The third-order valence-electron chi connectivity index (χ3n) is 4.94. The lowest BCUT2D eigenvalue weighted by Gasteiger charge is -2.11. The van der Waals surface area contributed by atoms with Crippen LogP contribution in [0.5, 0.6) is 5.75 Å². The smallest absolute Gasteiger partial charge is 0.142 e. The molecule has 0 saturated heterocycles. The van der Waals surface area contributed by atoms with Gasteiger partial charge in [-0.2, -0.15) is 5.26 Å². The molecule has 0 spiro atoms. The minimum absolute atomic E-state index is 0.247. The summed E-state index contributed by atoms with van der Waals surface area (Å²) in [6.45, 7) is 4.97. The molecule has 29 heavy (non-hydrogen) atoms. The quantitative estimate of drug-likeness (QED) is 0.473. The molecule has 3 rings (SSSR count). The van der Waals surface area contributed by atoms with E-state index in [0.29, 0.717) is 5.56 Å². The molecule has 1 heterocycles. The second-order valence-electron chi connectivity index (χ2n) is 7.23. The van der Waals surface area contributed by atoms with Gasteiger partial charge in [-0.05, 0) is 37.1 Å². The van der Waals surface area contributed by atoms with Gasteiger partial charge in [0, 0.05) is 11.1 Å². The molecule has 148 valence electrons. The minimum atomic E-state index is 0.247. The number of aryl methyl sites for hydroxylation is 1. The Bertz CT molecular complexity index is 986. The summed E-state index contributed by atoms with van der Waals surface area (Å²) >= 11 is 0. The summed E-state index contributed by atoms with van der Waals surface area (Å²) < 4.78 is 5.83. The fourth-order valence-corrected chi connectivity index (χ4v) is 3.23. The largest absolute Gasteiger partial charge is 0.494 e.